The Morgan fingerprint density at radius 2 is 1.96 bits per heavy atom. The number of aryl methyl sites for hydroxylation is 1. The Morgan fingerprint density at radius 1 is 1.14 bits per heavy atom. The molecule has 7 heteroatoms. The second kappa shape index (κ2) is 7.48. The molecule has 28 heavy (non-hydrogen) atoms. The lowest BCUT2D eigenvalue weighted by Crippen LogP contribution is -2.22. The van der Waals surface area contributed by atoms with Crippen molar-refractivity contribution >= 4 is 17.2 Å². The minimum atomic E-state index is -0.0108. The van der Waals surface area contributed by atoms with Gasteiger partial charge >= 0.3 is 0 Å². The van der Waals surface area contributed by atoms with Crippen molar-refractivity contribution in [2.75, 3.05) is 19.6 Å². The zero-order chi connectivity index (χ0) is 18.9. The Labute approximate surface area is 167 Å². The highest BCUT2D eigenvalue weighted by Gasteiger charge is 2.22. The fourth-order valence-electron chi connectivity index (χ4n) is 3.86. The van der Waals surface area contributed by atoms with E-state index in [-0.39, 0.29) is 5.91 Å². The molecule has 1 fully saturated rings. The Bertz CT molecular complexity index is 986. The van der Waals surface area contributed by atoms with Crippen LogP contribution in [-0.4, -0.2) is 40.6 Å². The first-order valence-corrected chi connectivity index (χ1v) is 10.6. The van der Waals surface area contributed by atoms with Crippen molar-refractivity contribution in [3.63, 3.8) is 0 Å². The summed E-state index contributed by atoms with van der Waals surface area (Å²) in [7, 11) is 0. The summed E-state index contributed by atoms with van der Waals surface area (Å²) in [6.07, 6.45) is 4.46. The van der Waals surface area contributed by atoms with E-state index in [0.29, 0.717) is 11.7 Å². The van der Waals surface area contributed by atoms with Gasteiger partial charge in [0.1, 0.15) is 0 Å². The number of thiophene rings is 1. The van der Waals surface area contributed by atoms with Crippen LogP contribution >= 0.6 is 11.3 Å². The van der Waals surface area contributed by atoms with Crippen LogP contribution in [0.25, 0.3) is 22.2 Å². The van der Waals surface area contributed by atoms with Gasteiger partial charge in [0.15, 0.2) is 0 Å². The van der Waals surface area contributed by atoms with Crippen LogP contribution in [0, 0.1) is 0 Å². The maximum Gasteiger partial charge on any atom is 0.268 e. The van der Waals surface area contributed by atoms with Crippen molar-refractivity contribution < 1.29 is 9.32 Å². The number of rotatable bonds is 4. The maximum atomic E-state index is 12.2. The van der Waals surface area contributed by atoms with Gasteiger partial charge in [0.25, 0.3) is 11.8 Å². The maximum absolute atomic E-state index is 12.2. The van der Waals surface area contributed by atoms with E-state index >= 15 is 0 Å². The fraction of sp³-hybridized carbons (Fsp3) is 0.381. The molecular formula is C21H22N4O2S. The van der Waals surface area contributed by atoms with Gasteiger partial charge in [0, 0.05) is 23.5 Å². The number of carbonyl (C=O) groups excluding carboxylic acids is 1. The van der Waals surface area contributed by atoms with Gasteiger partial charge in [-0.2, -0.15) is 4.98 Å². The van der Waals surface area contributed by atoms with Crippen LogP contribution in [0.5, 0.6) is 0 Å². The zero-order valence-corrected chi connectivity index (χ0v) is 16.4. The number of nitrogens with zero attached hydrogens (tertiary/aromatic N) is 3. The summed E-state index contributed by atoms with van der Waals surface area (Å²) in [4.78, 5) is 21.2. The number of hydrogen-bond donors (Lipinski definition) is 1. The summed E-state index contributed by atoms with van der Waals surface area (Å²) in [5.74, 6) is 1.04. The van der Waals surface area contributed by atoms with E-state index in [4.69, 9.17) is 4.52 Å². The molecule has 0 spiro atoms. The zero-order valence-electron chi connectivity index (χ0n) is 15.6. The number of hydrogen-bond acceptors (Lipinski definition) is 6. The molecule has 0 radical (unpaired) electrons. The lowest BCUT2D eigenvalue weighted by molar-refractivity contribution is 0.0956. The first kappa shape index (κ1) is 17.6. The highest BCUT2D eigenvalue weighted by atomic mass is 32.1. The molecule has 6 nitrogen and oxygen atoms in total. The van der Waals surface area contributed by atoms with Gasteiger partial charge in [-0.15, -0.1) is 11.3 Å². The predicted molar refractivity (Wildman–Crippen MR) is 108 cm³/mol. The summed E-state index contributed by atoms with van der Waals surface area (Å²) < 4.78 is 5.50. The van der Waals surface area contributed by atoms with Gasteiger partial charge in [0.05, 0.1) is 10.4 Å². The van der Waals surface area contributed by atoms with Gasteiger partial charge in [-0.3, -0.25) is 9.69 Å². The molecule has 144 valence electrons. The molecule has 3 aromatic rings. The normalized spacial score (nSPS) is 17.4. The largest absolute Gasteiger partial charge is 0.352 e. The highest BCUT2D eigenvalue weighted by Crippen LogP contribution is 2.33. The lowest BCUT2D eigenvalue weighted by Gasteiger charge is -2.14. The van der Waals surface area contributed by atoms with Gasteiger partial charge in [-0.25, -0.2) is 0 Å². The third-order valence-corrected chi connectivity index (χ3v) is 6.56. The van der Waals surface area contributed by atoms with Crippen molar-refractivity contribution in [1.82, 2.24) is 20.4 Å². The van der Waals surface area contributed by atoms with Crippen molar-refractivity contribution in [1.29, 1.82) is 0 Å². The summed E-state index contributed by atoms with van der Waals surface area (Å²) in [5.41, 5.74) is 2.99. The number of likely N-dealkylation sites (tertiary alicyclic amines) is 1. The summed E-state index contributed by atoms with van der Waals surface area (Å²) in [6, 6.07) is 10.3. The van der Waals surface area contributed by atoms with E-state index in [9.17, 15) is 4.79 Å². The number of carbonyl (C=O) groups is 1. The fourth-order valence-corrected chi connectivity index (χ4v) is 4.98. The molecule has 2 aliphatic rings. The van der Waals surface area contributed by atoms with Crippen LogP contribution in [0.15, 0.2) is 34.9 Å². The van der Waals surface area contributed by atoms with Crippen molar-refractivity contribution in [3.8, 4) is 22.2 Å². The number of benzene rings is 1. The standard InChI is InChI=1S/C21H22N4O2S/c26-20-16-12-18(28-17(16)4-3-9-22-20)21-23-19(24-27-21)15-7-5-14(6-8-15)13-25-10-1-2-11-25/h5-8,12H,1-4,9-11,13H2,(H,22,26). The van der Waals surface area contributed by atoms with Gasteiger partial charge in [-0.1, -0.05) is 29.4 Å². The molecule has 2 aromatic heterocycles. The molecule has 2 aliphatic heterocycles. The summed E-state index contributed by atoms with van der Waals surface area (Å²) in [6.45, 7) is 4.12. The second-order valence-electron chi connectivity index (χ2n) is 7.41. The number of fused-ring (bicyclic) bond motifs is 1. The number of nitrogens with one attached hydrogen (secondary N) is 1. The first-order chi connectivity index (χ1) is 13.8. The van der Waals surface area contributed by atoms with Crippen LogP contribution < -0.4 is 5.32 Å². The monoisotopic (exact) mass is 394 g/mol. The average molecular weight is 395 g/mol. The highest BCUT2D eigenvalue weighted by molar-refractivity contribution is 7.15. The molecule has 5 rings (SSSR count). The minimum absolute atomic E-state index is 0.0108. The van der Waals surface area contributed by atoms with Gasteiger partial charge in [0.2, 0.25) is 5.82 Å². The molecule has 0 atom stereocenters. The van der Waals surface area contributed by atoms with Gasteiger partial charge in [-0.05, 0) is 50.4 Å². The first-order valence-electron chi connectivity index (χ1n) is 9.83. The third kappa shape index (κ3) is 3.47. The smallest absolute Gasteiger partial charge is 0.268 e. The van der Waals surface area contributed by atoms with E-state index in [1.165, 1.54) is 31.5 Å². The second-order valence-corrected chi connectivity index (χ2v) is 8.55. The molecule has 1 N–H and O–H groups in total. The summed E-state index contributed by atoms with van der Waals surface area (Å²) in [5, 5.41) is 7.07. The molecule has 1 aromatic carbocycles. The Kier molecular flexibility index (Phi) is 4.70. The van der Waals surface area contributed by atoms with Crippen LogP contribution in [0.2, 0.25) is 0 Å². The summed E-state index contributed by atoms with van der Waals surface area (Å²) >= 11 is 1.57. The lowest BCUT2D eigenvalue weighted by atomic mass is 10.1. The number of amides is 1. The van der Waals surface area contributed by atoms with Crippen molar-refractivity contribution in [2.24, 2.45) is 0 Å². The molecular weight excluding hydrogens is 372 g/mol. The van der Waals surface area contributed by atoms with Crippen molar-refractivity contribution in [2.45, 2.75) is 32.2 Å². The van der Waals surface area contributed by atoms with Crippen LogP contribution in [0.4, 0.5) is 0 Å². The minimum Gasteiger partial charge on any atom is -0.352 e. The molecule has 4 heterocycles. The van der Waals surface area contributed by atoms with Crippen LogP contribution in [0.1, 0.15) is 40.1 Å². The van der Waals surface area contributed by atoms with E-state index in [2.05, 4.69) is 44.6 Å². The molecule has 0 bridgehead atoms. The third-order valence-electron chi connectivity index (χ3n) is 5.37. The Balaban J connectivity index is 1.35. The number of aromatic nitrogens is 2. The van der Waals surface area contributed by atoms with Crippen molar-refractivity contribution in [3.05, 3.63) is 46.3 Å². The van der Waals surface area contributed by atoms with E-state index in [1.807, 2.05) is 6.07 Å². The Morgan fingerprint density at radius 3 is 2.79 bits per heavy atom. The van der Waals surface area contributed by atoms with E-state index in [0.717, 1.165) is 46.8 Å². The quantitative estimate of drug-likeness (QED) is 0.730. The molecule has 1 amide bonds. The van der Waals surface area contributed by atoms with E-state index < -0.39 is 0 Å². The van der Waals surface area contributed by atoms with Crippen LogP contribution in [-0.2, 0) is 13.0 Å². The topological polar surface area (TPSA) is 71.3 Å². The molecule has 1 saturated heterocycles. The van der Waals surface area contributed by atoms with Gasteiger partial charge < -0.3 is 9.84 Å². The average Bonchev–Trinajstić information content (AvgIpc) is 3.45. The predicted octanol–water partition coefficient (Wildman–Crippen LogP) is 3.74. The van der Waals surface area contributed by atoms with E-state index in [1.54, 1.807) is 11.3 Å². The molecule has 0 aliphatic carbocycles. The Hall–Kier alpha value is -2.51. The van der Waals surface area contributed by atoms with Crippen LogP contribution in [0.3, 0.4) is 0 Å². The molecule has 0 saturated carbocycles. The molecule has 0 unspecified atom stereocenters. The SMILES string of the molecule is O=C1NCCCc2sc(-c3nc(-c4ccc(CN5CCCC5)cc4)no3)cc21.